The molecule has 2 aromatic rings. The Morgan fingerprint density at radius 3 is 2.00 bits per heavy atom. The molecule has 6 heteroatoms. The van der Waals surface area contributed by atoms with Crippen LogP contribution in [0.3, 0.4) is 0 Å². The normalized spacial score (nSPS) is 19.9. The number of methoxy groups -OCH3 is 3. The zero-order valence-corrected chi connectivity index (χ0v) is 16.9. The fraction of sp³-hybridized carbons (Fsp3) is 0.455. The number of fused-ring (bicyclic) bond motifs is 4. The molecule has 1 N–H and O–H groups in total. The van der Waals surface area contributed by atoms with Crippen LogP contribution in [-0.2, 0) is 12.8 Å². The molecular weight excluding hydrogens is 360 g/mol. The Labute approximate surface area is 164 Å². The van der Waals surface area contributed by atoms with Gasteiger partial charge in [-0.2, -0.15) is 0 Å². The predicted molar refractivity (Wildman–Crippen MR) is 105 cm³/mol. The summed E-state index contributed by atoms with van der Waals surface area (Å²) in [6.45, 7) is 4.65. The van der Waals surface area contributed by atoms with E-state index in [1.807, 2.05) is 6.07 Å². The van der Waals surface area contributed by atoms with E-state index in [-0.39, 0.29) is 12.5 Å². The van der Waals surface area contributed by atoms with Crippen molar-refractivity contribution < 1.29 is 28.8 Å². The highest BCUT2D eigenvalue weighted by Crippen LogP contribution is 2.56. The van der Waals surface area contributed by atoms with E-state index >= 15 is 0 Å². The summed E-state index contributed by atoms with van der Waals surface area (Å²) in [7, 11) is 4.74. The van der Waals surface area contributed by atoms with Crippen LogP contribution in [0.2, 0.25) is 0 Å². The Bertz CT molecular complexity index is 903. The first-order valence-corrected chi connectivity index (χ1v) is 9.46. The summed E-state index contributed by atoms with van der Waals surface area (Å²) in [6.07, 6.45) is 1.68. The van der Waals surface area contributed by atoms with Gasteiger partial charge in [0.25, 0.3) is 0 Å². The van der Waals surface area contributed by atoms with Gasteiger partial charge in [-0.3, -0.25) is 0 Å². The van der Waals surface area contributed by atoms with Gasteiger partial charge in [-0.15, -0.1) is 0 Å². The Hall–Kier alpha value is -2.76. The van der Waals surface area contributed by atoms with E-state index in [4.69, 9.17) is 23.7 Å². The van der Waals surface area contributed by atoms with Crippen molar-refractivity contribution in [1.29, 1.82) is 0 Å². The van der Waals surface area contributed by atoms with E-state index in [1.54, 1.807) is 20.3 Å². The molecule has 0 radical (unpaired) electrons. The van der Waals surface area contributed by atoms with Crippen molar-refractivity contribution in [3.05, 3.63) is 23.3 Å². The second kappa shape index (κ2) is 7.00. The number of hydrogen-bond acceptors (Lipinski definition) is 6. The highest BCUT2D eigenvalue weighted by molar-refractivity contribution is 5.88. The average Bonchev–Trinajstić information content (AvgIpc) is 3.14. The summed E-state index contributed by atoms with van der Waals surface area (Å²) in [6, 6.07) is 3.82. The number of ether oxygens (including phenoxy) is 5. The van der Waals surface area contributed by atoms with Gasteiger partial charge in [-0.1, -0.05) is 13.8 Å². The second-order valence-corrected chi connectivity index (χ2v) is 7.54. The molecule has 150 valence electrons. The van der Waals surface area contributed by atoms with Crippen molar-refractivity contribution in [1.82, 2.24) is 0 Å². The predicted octanol–water partition coefficient (Wildman–Crippen LogP) is 4.18. The zero-order valence-electron chi connectivity index (χ0n) is 16.9. The van der Waals surface area contributed by atoms with Crippen molar-refractivity contribution >= 4 is 0 Å². The molecular formula is C22H26O6. The van der Waals surface area contributed by atoms with Gasteiger partial charge in [-0.05, 0) is 47.9 Å². The number of phenols is 1. The fourth-order valence-corrected chi connectivity index (χ4v) is 4.29. The first-order chi connectivity index (χ1) is 13.5. The number of rotatable bonds is 3. The third kappa shape index (κ3) is 2.70. The van der Waals surface area contributed by atoms with E-state index in [0.717, 1.165) is 35.1 Å². The van der Waals surface area contributed by atoms with Gasteiger partial charge in [-0.25, -0.2) is 0 Å². The topological polar surface area (TPSA) is 66.4 Å². The van der Waals surface area contributed by atoms with Crippen molar-refractivity contribution in [2.75, 3.05) is 28.1 Å². The molecule has 0 saturated heterocycles. The van der Waals surface area contributed by atoms with Crippen molar-refractivity contribution in [3.63, 3.8) is 0 Å². The molecule has 6 nitrogen and oxygen atoms in total. The quantitative estimate of drug-likeness (QED) is 0.853. The number of phenolic OH excluding ortho intramolecular Hbond substituents is 1. The lowest BCUT2D eigenvalue weighted by Crippen LogP contribution is -2.18. The summed E-state index contributed by atoms with van der Waals surface area (Å²) in [4.78, 5) is 0. The lowest BCUT2D eigenvalue weighted by atomic mass is 9.77. The minimum atomic E-state index is 0.0692. The monoisotopic (exact) mass is 386 g/mol. The zero-order chi connectivity index (χ0) is 20.0. The van der Waals surface area contributed by atoms with Gasteiger partial charge in [0.15, 0.2) is 23.0 Å². The van der Waals surface area contributed by atoms with E-state index in [1.165, 1.54) is 7.11 Å². The van der Waals surface area contributed by atoms with Crippen LogP contribution >= 0.6 is 0 Å². The Morgan fingerprint density at radius 1 is 0.821 bits per heavy atom. The van der Waals surface area contributed by atoms with Crippen LogP contribution in [0.25, 0.3) is 11.1 Å². The number of benzene rings is 2. The number of aromatic hydroxyl groups is 1. The van der Waals surface area contributed by atoms with E-state index in [2.05, 4.69) is 13.8 Å². The third-order valence-electron chi connectivity index (χ3n) is 5.92. The molecule has 0 aromatic heterocycles. The highest BCUT2D eigenvalue weighted by Gasteiger charge is 2.34. The summed E-state index contributed by atoms with van der Waals surface area (Å²) in [5.41, 5.74) is 3.89. The van der Waals surface area contributed by atoms with Gasteiger partial charge in [0, 0.05) is 11.1 Å². The SMILES string of the molecule is COc1c(O)cc2c(c1OC)-c1c(cc3c(c1OC)OCO3)C[C@@H](C)[C@@H](C)C2. The largest absolute Gasteiger partial charge is 0.504 e. The molecule has 1 heterocycles. The minimum Gasteiger partial charge on any atom is -0.504 e. The van der Waals surface area contributed by atoms with Crippen LogP contribution in [0.15, 0.2) is 12.1 Å². The number of hydrogen-bond donors (Lipinski definition) is 1. The lowest BCUT2D eigenvalue weighted by Gasteiger charge is -2.29. The van der Waals surface area contributed by atoms with Gasteiger partial charge < -0.3 is 28.8 Å². The summed E-state index contributed by atoms with van der Waals surface area (Å²) < 4.78 is 28.4. The Morgan fingerprint density at radius 2 is 1.39 bits per heavy atom. The minimum absolute atomic E-state index is 0.0692. The molecule has 2 aliphatic rings. The van der Waals surface area contributed by atoms with Gasteiger partial charge in [0.1, 0.15) is 0 Å². The molecule has 1 aliphatic heterocycles. The molecule has 0 unspecified atom stereocenters. The first kappa shape index (κ1) is 18.6. The first-order valence-electron chi connectivity index (χ1n) is 9.46. The standard InChI is InChI=1S/C22H26O6/c1-11-6-13-8-15(23)19(24-3)21(25-4)17(13)18-14(7-12(11)2)9-16-20(22(18)26-5)28-10-27-16/h8-9,11-12,23H,6-7,10H2,1-5H3/t11-,12+/m0/s1. The summed E-state index contributed by atoms with van der Waals surface area (Å²) in [5, 5.41) is 10.5. The summed E-state index contributed by atoms with van der Waals surface area (Å²) >= 11 is 0. The molecule has 0 saturated carbocycles. The molecule has 0 bridgehead atoms. The van der Waals surface area contributed by atoms with Crippen LogP contribution in [0.4, 0.5) is 0 Å². The third-order valence-corrected chi connectivity index (χ3v) is 5.92. The molecule has 0 spiro atoms. The molecule has 1 aliphatic carbocycles. The van der Waals surface area contributed by atoms with Gasteiger partial charge >= 0.3 is 0 Å². The molecule has 0 fully saturated rings. The summed E-state index contributed by atoms with van der Waals surface area (Å²) in [5.74, 6) is 3.66. The van der Waals surface area contributed by atoms with Crippen LogP contribution in [0, 0.1) is 11.8 Å². The van der Waals surface area contributed by atoms with Crippen LogP contribution in [0.1, 0.15) is 25.0 Å². The van der Waals surface area contributed by atoms with E-state index in [0.29, 0.717) is 40.6 Å². The van der Waals surface area contributed by atoms with Crippen LogP contribution in [0.5, 0.6) is 34.5 Å². The molecule has 2 aromatic carbocycles. The maximum Gasteiger partial charge on any atom is 0.231 e. The maximum atomic E-state index is 10.5. The molecule has 0 amide bonds. The smallest absolute Gasteiger partial charge is 0.231 e. The van der Waals surface area contributed by atoms with Gasteiger partial charge in [0.05, 0.1) is 21.3 Å². The van der Waals surface area contributed by atoms with Crippen molar-refractivity contribution in [3.8, 4) is 45.6 Å². The molecule has 28 heavy (non-hydrogen) atoms. The van der Waals surface area contributed by atoms with Gasteiger partial charge in [0.2, 0.25) is 18.3 Å². The van der Waals surface area contributed by atoms with Crippen LogP contribution in [-0.4, -0.2) is 33.2 Å². The maximum absolute atomic E-state index is 10.5. The van der Waals surface area contributed by atoms with Crippen molar-refractivity contribution in [2.45, 2.75) is 26.7 Å². The fourth-order valence-electron chi connectivity index (χ4n) is 4.29. The highest BCUT2D eigenvalue weighted by atomic mass is 16.7. The van der Waals surface area contributed by atoms with E-state index < -0.39 is 0 Å². The van der Waals surface area contributed by atoms with Crippen molar-refractivity contribution in [2.24, 2.45) is 11.8 Å². The Balaban J connectivity index is 2.12. The Kier molecular flexibility index (Phi) is 4.65. The molecule has 4 rings (SSSR count). The van der Waals surface area contributed by atoms with E-state index in [9.17, 15) is 5.11 Å². The average molecular weight is 386 g/mol. The van der Waals surface area contributed by atoms with Crippen LogP contribution < -0.4 is 23.7 Å². The second-order valence-electron chi connectivity index (χ2n) is 7.54. The lowest BCUT2D eigenvalue weighted by molar-refractivity contribution is 0.171. The molecule has 2 atom stereocenters.